The van der Waals surface area contributed by atoms with Crippen LogP contribution >= 0.6 is 0 Å². The van der Waals surface area contributed by atoms with Gasteiger partial charge in [0.1, 0.15) is 0 Å². The van der Waals surface area contributed by atoms with Crippen LogP contribution in [0.25, 0.3) is 0 Å². The van der Waals surface area contributed by atoms with Gasteiger partial charge in [-0.15, -0.1) is 0 Å². The third kappa shape index (κ3) is 5.90. The predicted molar refractivity (Wildman–Crippen MR) is 114 cm³/mol. The molecule has 1 amide bonds. The number of sulfonamides is 1. The van der Waals surface area contributed by atoms with Gasteiger partial charge in [0.15, 0.2) is 0 Å². The molecular weight excluding hydrogens is 404 g/mol. The van der Waals surface area contributed by atoms with Crippen LogP contribution in [0.1, 0.15) is 29.8 Å². The Morgan fingerprint density at radius 2 is 1.87 bits per heavy atom. The highest BCUT2D eigenvalue weighted by atomic mass is 32.2. The molecule has 1 aliphatic heterocycles. The van der Waals surface area contributed by atoms with Crippen molar-refractivity contribution in [3.05, 3.63) is 47.3 Å². The summed E-state index contributed by atoms with van der Waals surface area (Å²) in [6.45, 7) is 6.98. The fourth-order valence-electron chi connectivity index (χ4n) is 3.47. The lowest BCUT2D eigenvalue weighted by Crippen LogP contribution is -2.40. The number of carbonyl (C=O) groups excluding carboxylic acids is 1. The summed E-state index contributed by atoms with van der Waals surface area (Å²) >= 11 is 0. The van der Waals surface area contributed by atoms with Crippen molar-refractivity contribution in [2.45, 2.75) is 44.6 Å². The molecule has 30 heavy (non-hydrogen) atoms. The van der Waals surface area contributed by atoms with Crippen molar-refractivity contribution in [3.8, 4) is 0 Å². The lowest BCUT2D eigenvalue weighted by molar-refractivity contribution is -0.121. The van der Waals surface area contributed by atoms with E-state index in [0.29, 0.717) is 45.7 Å². The fourth-order valence-corrected chi connectivity index (χ4v) is 4.88. The smallest absolute Gasteiger partial charge is 0.243 e. The van der Waals surface area contributed by atoms with Crippen LogP contribution in [0.4, 0.5) is 0 Å². The lowest BCUT2D eigenvalue weighted by atomic mass is 10.1. The van der Waals surface area contributed by atoms with Gasteiger partial charge in [-0.2, -0.15) is 9.40 Å². The number of amides is 1. The zero-order valence-corrected chi connectivity index (χ0v) is 18.5. The third-order valence-corrected chi connectivity index (χ3v) is 7.06. The Morgan fingerprint density at radius 3 is 2.50 bits per heavy atom. The maximum absolute atomic E-state index is 12.6. The van der Waals surface area contributed by atoms with Crippen molar-refractivity contribution in [2.24, 2.45) is 0 Å². The molecule has 0 unspecified atom stereocenters. The van der Waals surface area contributed by atoms with Crippen molar-refractivity contribution >= 4 is 15.9 Å². The van der Waals surface area contributed by atoms with Crippen LogP contribution in [0, 0.1) is 13.8 Å². The largest absolute Gasteiger partial charge is 0.379 e. The maximum Gasteiger partial charge on any atom is 0.243 e. The van der Waals surface area contributed by atoms with Crippen molar-refractivity contribution in [3.63, 3.8) is 0 Å². The topological polar surface area (TPSA) is 93.5 Å². The second-order valence-electron chi connectivity index (χ2n) is 7.51. The van der Waals surface area contributed by atoms with Crippen LogP contribution in [-0.2, 0) is 32.5 Å². The minimum absolute atomic E-state index is 0.00613. The first kappa shape index (κ1) is 22.5. The van der Waals surface area contributed by atoms with Gasteiger partial charge in [-0.25, -0.2) is 8.42 Å². The molecule has 1 N–H and O–H groups in total. The number of hydrogen-bond donors (Lipinski definition) is 1. The van der Waals surface area contributed by atoms with E-state index in [4.69, 9.17) is 4.74 Å². The van der Waals surface area contributed by atoms with Gasteiger partial charge in [-0.05, 0) is 50.5 Å². The molecule has 0 saturated carbocycles. The number of hydrogen-bond acceptors (Lipinski definition) is 5. The van der Waals surface area contributed by atoms with Crippen LogP contribution < -0.4 is 5.32 Å². The molecule has 164 valence electrons. The first-order chi connectivity index (χ1) is 14.4. The Bertz CT molecular complexity index is 948. The van der Waals surface area contributed by atoms with Crippen molar-refractivity contribution in [1.82, 2.24) is 19.4 Å². The van der Waals surface area contributed by atoms with Gasteiger partial charge >= 0.3 is 0 Å². The second kappa shape index (κ2) is 10.2. The van der Waals surface area contributed by atoms with E-state index in [-0.39, 0.29) is 10.8 Å². The Labute approximate surface area is 178 Å². The minimum Gasteiger partial charge on any atom is -0.379 e. The van der Waals surface area contributed by atoms with E-state index >= 15 is 0 Å². The minimum atomic E-state index is -3.48. The van der Waals surface area contributed by atoms with Crippen LogP contribution in [0.5, 0.6) is 0 Å². The molecule has 3 rings (SSSR count). The molecule has 2 aromatic rings. The molecule has 0 bridgehead atoms. The fraction of sp³-hybridized carbons (Fsp3) is 0.524. The van der Waals surface area contributed by atoms with Gasteiger partial charge in [0.05, 0.1) is 23.8 Å². The monoisotopic (exact) mass is 434 g/mol. The number of carbonyl (C=O) groups is 1. The number of aromatic nitrogens is 2. The average Bonchev–Trinajstić information content (AvgIpc) is 3.07. The molecular formula is C21H30N4O4S. The standard InChI is InChI=1S/C21H30N4O4S/c1-17-16-18(2)25(23-17)11-3-10-22-21(26)9-6-19-4-7-20(8-5-19)30(27,28)24-12-14-29-15-13-24/h4-5,7-8,16H,3,6,9-15H2,1-2H3,(H,22,26). The maximum atomic E-state index is 12.6. The molecule has 8 nitrogen and oxygen atoms in total. The zero-order valence-electron chi connectivity index (χ0n) is 17.6. The highest BCUT2D eigenvalue weighted by Crippen LogP contribution is 2.18. The van der Waals surface area contributed by atoms with Crippen molar-refractivity contribution < 1.29 is 17.9 Å². The van der Waals surface area contributed by atoms with Crippen molar-refractivity contribution in [2.75, 3.05) is 32.8 Å². The van der Waals surface area contributed by atoms with Crippen LogP contribution in [0.15, 0.2) is 35.2 Å². The highest BCUT2D eigenvalue weighted by molar-refractivity contribution is 7.89. The lowest BCUT2D eigenvalue weighted by Gasteiger charge is -2.26. The van der Waals surface area contributed by atoms with Crippen LogP contribution in [-0.4, -0.2) is 61.3 Å². The van der Waals surface area contributed by atoms with Gasteiger partial charge in [0.2, 0.25) is 15.9 Å². The quantitative estimate of drug-likeness (QED) is 0.606. The van der Waals surface area contributed by atoms with E-state index in [2.05, 4.69) is 10.4 Å². The van der Waals surface area contributed by atoms with Gasteiger partial charge in [0.25, 0.3) is 0 Å². The van der Waals surface area contributed by atoms with Crippen LogP contribution in [0.2, 0.25) is 0 Å². The summed E-state index contributed by atoms with van der Waals surface area (Å²) in [5.74, 6) is -0.00613. The average molecular weight is 435 g/mol. The van der Waals surface area contributed by atoms with E-state index in [1.54, 1.807) is 24.3 Å². The summed E-state index contributed by atoms with van der Waals surface area (Å²) in [6.07, 6.45) is 1.76. The second-order valence-corrected chi connectivity index (χ2v) is 9.45. The molecule has 0 atom stereocenters. The first-order valence-electron chi connectivity index (χ1n) is 10.3. The number of ether oxygens (including phenoxy) is 1. The summed E-state index contributed by atoms with van der Waals surface area (Å²) < 4.78 is 33.9. The normalized spacial score (nSPS) is 15.3. The van der Waals surface area contributed by atoms with Gasteiger partial charge < -0.3 is 10.1 Å². The molecule has 9 heteroatoms. The summed E-state index contributed by atoms with van der Waals surface area (Å²) in [5, 5.41) is 7.34. The van der Waals surface area contributed by atoms with E-state index in [1.807, 2.05) is 24.6 Å². The predicted octanol–water partition coefficient (Wildman–Crippen LogP) is 1.66. The molecule has 1 aromatic carbocycles. The number of nitrogens with zero attached hydrogens (tertiary/aromatic N) is 3. The first-order valence-corrected chi connectivity index (χ1v) is 11.7. The summed E-state index contributed by atoms with van der Waals surface area (Å²) in [6, 6.07) is 8.84. The SMILES string of the molecule is Cc1cc(C)n(CCCNC(=O)CCc2ccc(S(=O)(=O)N3CCOCC3)cc2)n1. The zero-order chi connectivity index (χ0) is 21.6. The third-order valence-electron chi connectivity index (χ3n) is 5.14. The van der Waals surface area contributed by atoms with Gasteiger partial charge in [0, 0.05) is 38.3 Å². The van der Waals surface area contributed by atoms with E-state index in [9.17, 15) is 13.2 Å². The Morgan fingerprint density at radius 1 is 1.17 bits per heavy atom. The number of benzene rings is 1. The highest BCUT2D eigenvalue weighted by Gasteiger charge is 2.26. The number of aryl methyl sites for hydroxylation is 4. The van der Waals surface area contributed by atoms with Gasteiger partial charge in [-0.1, -0.05) is 12.1 Å². The summed E-state index contributed by atoms with van der Waals surface area (Å²) in [7, 11) is -3.48. The number of rotatable bonds is 9. The Balaban J connectivity index is 1.41. The molecule has 0 spiro atoms. The van der Waals surface area contributed by atoms with E-state index in [1.165, 1.54) is 4.31 Å². The van der Waals surface area contributed by atoms with Crippen LogP contribution in [0.3, 0.4) is 0 Å². The van der Waals surface area contributed by atoms with Gasteiger partial charge in [-0.3, -0.25) is 9.48 Å². The Hall–Kier alpha value is -2.23. The molecule has 1 aliphatic rings. The molecule has 2 heterocycles. The number of morpholine rings is 1. The van der Waals surface area contributed by atoms with Crippen molar-refractivity contribution in [1.29, 1.82) is 0 Å². The molecule has 1 fully saturated rings. The van der Waals surface area contributed by atoms with E-state index in [0.717, 1.165) is 29.9 Å². The summed E-state index contributed by atoms with van der Waals surface area (Å²) in [5.41, 5.74) is 3.06. The number of nitrogens with one attached hydrogen (secondary N) is 1. The Kier molecular flexibility index (Phi) is 7.63. The summed E-state index contributed by atoms with van der Waals surface area (Å²) in [4.78, 5) is 12.4. The van der Waals surface area contributed by atoms with E-state index < -0.39 is 10.0 Å². The molecule has 1 saturated heterocycles. The molecule has 0 aliphatic carbocycles. The molecule has 0 radical (unpaired) electrons. The molecule has 1 aromatic heterocycles.